The average molecular weight is 363 g/mol. The van der Waals surface area contributed by atoms with Crippen molar-refractivity contribution in [2.45, 2.75) is 31.7 Å². The molecule has 25 heavy (non-hydrogen) atoms. The lowest BCUT2D eigenvalue weighted by Crippen LogP contribution is -2.30. The number of alkyl halides is 3. The largest absolute Gasteiger partial charge is 0.493 e. The van der Waals surface area contributed by atoms with Crippen molar-refractivity contribution in [1.29, 1.82) is 0 Å². The van der Waals surface area contributed by atoms with Crippen LogP contribution in [0, 0.1) is 0 Å². The van der Waals surface area contributed by atoms with Crippen LogP contribution >= 0.6 is 0 Å². The number of carbonyl (C=O) groups excluding carboxylic acids is 1. The molecule has 0 unspecified atom stereocenters. The summed E-state index contributed by atoms with van der Waals surface area (Å²) in [6, 6.07) is 6.30. The molecule has 0 spiro atoms. The fraction of sp³-hybridized carbons (Fsp3) is 0.562. The van der Waals surface area contributed by atoms with Crippen LogP contribution in [0.5, 0.6) is 5.75 Å². The fourth-order valence-electron chi connectivity index (χ4n) is 2.24. The second kappa shape index (κ2) is 8.39. The number of amides is 1. The zero-order valence-corrected chi connectivity index (χ0v) is 13.7. The highest BCUT2D eigenvalue weighted by molar-refractivity contribution is 5.89. The van der Waals surface area contributed by atoms with Crippen LogP contribution < -0.4 is 9.64 Å². The highest BCUT2D eigenvalue weighted by Gasteiger charge is 2.37. The summed E-state index contributed by atoms with van der Waals surface area (Å²) in [7, 11) is 0. The summed E-state index contributed by atoms with van der Waals surface area (Å²) in [5.74, 6) is 0.344. The molecule has 1 fully saturated rings. The van der Waals surface area contributed by atoms with Crippen LogP contribution in [0.1, 0.15) is 13.3 Å². The summed E-state index contributed by atoms with van der Waals surface area (Å²) in [6.07, 6.45) is -8.43. The van der Waals surface area contributed by atoms with Crippen molar-refractivity contribution < 1.29 is 37.3 Å². The van der Waals surface area contributed by atoms with Gasteiger partial charge in [-0.25, -0.2) is 4.79 Å². The molecule has 140 valence electrons. The van der Waals surface area contributed by atoms with Gasteiger partial charge < -0.3 is 19.3 Å². The minimum atomic E-state index is -4.65. The number of halogens is 3. The topological polar surface area (TPSA) is 68.2 Å². The number of hydrogen-bond donors (Lipinski definition) is 1. The number of carbonyl (C=O) groups is 1. The molecule has 1 amide bonds. The zero-order chi connectivity index (χ0) is 18.4. The number of aliphatic hydroxyl groups is 1. The molecule has 1 heterocycles. The van der Waals surface area contributed by atoms with Crippen LogP contribution in [-0.4, -0.2) is 55.9 Å². The first kappa shape index (κ1) is 19.3. The molecule has 2 atom stereocenters. The Hall–Kier alpha value is -2.00. The summed E-state index contributed by atoms with van der Waals surface area (Å²) in [5, 5.41) is 8.89. The molecule has 9 heteroatoms. The van der Waals surface area contributed by atoms with Gasteiger partial charge >= 0.3 is 12.3 Å². The van der Waals surface area contributed by atoms with Crippen LogP contribution in [-0.2, 0) is 9.47 Å². The average Bonchev–Trinajstić information content (AvgIpc) is 2.93. The van der Waals surface area contributed by atoms with Crippen LogP contribution in [0.4, 0.5) is 23.7 Å². The third kappa shape index (κ3) is 5.50. The second-order valence-corrected chi connectivity index (χ2v) is 5.46. The van der Waals surface area contributed by atoms with Crippen LogP contribution in [0.25, 0.3) is 0 Å². The first-order chi connectivity index (χ1) is 11.8. The van der Waals surface area contributed by atoms with E-state index in [0.29, 0.717) is 31.2 Å². The lowest BCUT2D eigenvalue weighted by molar-refractivity contribution is -0.206. The van der Waals surface area contributed by atoms with Gasteiger partial charge in [-0.1, -0.05) is 0 Å². The van der Waals surface area contributed by atoms with Gasteiger partial charge in [0.1, 0.15) is 11.9 Å². The van der Waals surface area contributed by atoms with Gasteiger partial charge in [-0.2, -0.15) is 13.2 Å². The van der Waals surface area contributed by atoms with E-state index in [9.17, 15) is 18.0 Å². The Bertz CT molecular complexity index is 564. The molecule has 0 bridgehead atoms. The molecule has 2 rings (SSSR count). The van der Waals surface area contributed by atoms with Gasteiger partial charge in [-0.3, -0.25) is 4.90 Å². The Kier molecular flexibility index (Phi) is 6.49. The number of benzene rings is 1. The van der Waals surface area contributed by atoms with Crippen molar-refractivity contribution in [3.05, 3.63) is 24.3 Å². The molecule has 0 aromatic heterocycles. The first-order valence-corrected chi connectivity index (χ1v) is 7.84. The van der Waals surface area contributed by atoms with E-state index in [0.717, 1.165) is 0 Å². The van der Waals surface area contributed by atoms with E-state index in [2.05, 4.69) is 0 Å². The van der Waals surface area contributed by atoms with E-state index in [1.54, 1.807) is 24.3 Å². The number of nitrogens with zero attached hydrogens (tertiary/aromatic N) is 1. The van der Waals surface area contributed by atoms with Crippen molar-refractivity contribution in [2.24, 2.45) is 0 Å². The third-order valence-electron chi connectivity index (χ3n) is 3.57. The summed E-state index contributed by atoms with van der Waals surface area (Å²) in [6.45, 7) is 2.78. The molecular formula is C16H20F3NO5. The standard InChI is InChI=1S/C16H20F3NO5/c1-2-23-10-13-9-20(15(22)25-13)11-3-5-12(6-4-11)24-8-7-14(21)16(17,18)19/h3-6,13-14,21H,2,7-10H2,1H3/t13-,14-/m1/s1. The maximum atomic E-state index is 12.2. The summed E-state index contributed by atoms with van der Waals surface area (Å²) in [4.78, 5) is 13.3. The van der Waals surface area contributed by atoms with Crippen LogP contribution in [0.15, 0.2) is 24.3 Å². The Morgan fingerprint density at radius 2 is 2.04 bits per heavy atom. The minimum absolute atomic E-state index is 0.276. The number of anilines is 1. The molecule has 1 aromatic rings. The van der Waals surface area contributed by atoms with E-state index in [1.807, 2.05) is 6.92 Å². The highest BCUT2D eigenvalue weighted by Crippen LogP contribution is 2.25. The molecule has 1 aliphatic heterocycles. The van der Waals surface area contributed by atoms with Crippen molar-refractivity contribution in [3.63, 3.8) is 0 Å². The minimum Gasteiger partial charge on any atom is -0.493 e. The number of ether oxygens (including phenoxy) is 3. The summed E-state index contributed by atoms with van der Waals surface area (Å²) in [5.41, 5.74) is 0.590. The number of rotatable bonds is 8. The summed E-state index contributed by atoms with van der Waals surface area (Å²) < 4.78 is 52.1. The highest BCUT2D eigenvalue weighted by atomic mass is 19.4. The Morgan fingerprint density at radius 3 is 2.64 bits per heavy atom. The predicted octanol–water partition coefficient (Wildman–Crippen LogP) is 2.74. The number of hydrogen-bond acceptors (Lipinski definition) is 5. The summed E-state index contributed by atoms with van der Waals surface area (Å²) >= 11 is 0. The maximum Gasteiger partial charge on any atom is 0.414 e. The molecule has 0 radical (unpaired) electrons. The van der Waals surface area contributed by atoms with Gasteiger partial charge in [0.05, 0.1) is 19.8 Å². The normalized spacial score (nSPS) is 19.0. The molecule has 1 aromatic carbocycles. The van der Waals surface area contributed by atoms with Crippen molar-refractivity contribution in [1.82, 2.24) is 0 Å². The van der Waals surface area contributed by atoms with E-state index < -0.39 is 24.8 Å². The van der Waals surface area contributed by atoms with Crippen molar-refractivity contribution in [2.75, 3.05) is 31.3 Å². The van der Waals surface area contributed by atoms with Crippen LogP contribution in [0.2, 0.25) is 0 Å². The van der Waals surface area contributed by atoms with Gasteiger partial charge in [-0.05, 0) is 31.2 Å². The zero-order valence-electron chi connectivity index (χ0n) is 13.7. The fourth-order valence-corrected chi connectivity index (χ4v) is 2.24. The SMILES string of the molecule is CCOC[C@H]1CN(c2ccc(OCC[C@@H](O)C(F)(F)F)cc2)C(=O)O1. The maximum absolute atomic E-state index is 12.2. The van der Waals surface area contributed by atoms with E-state index in [4.69, 9.17) is 19.3 Å². The monoisotopic (exact) mass is 363 g/mol. The van der Waals surface area contributed by atoms with Crippen LogP contribution in [0.3, 0.4) is 0 Å². The van der Waals surface area contributed by atoms with Gasteiger partial charge in [0.25, 0.3) is 0 Å². The van der Waals surface area contributed by atoms with E-state index in [1.165, 1.54) is 4.90 Å². The molecule has 0 saturated carbocycles. The van der Waals surface area contributed by atoms with Gasteiger partial charge in [0.15, 0.2) is 6.10 Å². The van der Waals surface area contributed by atoms with Gasteiger partial charge in [0, 0.05) is 18.7 Å². The smallest absolute Gasteiger partial charge is 0.414 e. The lowest BCUT2D eigenvalue weighted by Gasteiger charge is -2.16. The van der Waals surface area contributed by atoms with Gasteiger partial charge in [-0.15, -0.1) is 0 Å². The molecule has 1 saturated heterocycles. The Balaban J connectivity index is 1.84. The van der Waals surface area contributed by atoms with Crippen molar-refractivity contribution >= 4 is 11.8 Å². The van der Waals surface area contributed by atoms with Gasteiger partial charge in [0.2, 0.25) is 0 Å². The molecule has 1 aliphatic rings. The lowest BCUT2D eigenvalue weighted by atomic mass is 10.2. The first-order valence-electron chi connectivity index (χ1n) is 7.84. The predicted molar refractivity (Wildman–Crippen MR) is 82.7 cm³/mol. The Morgan fingerprint density at radius 1 is 1.36 bits per heavy atom. The van der Waals surface area contributed by atoms with Crippen molar-refractivity contribution in [3.8, 4) is 5.75 Å². The molecule has 6 nitrogen and oxygen atoms in total. The third-order valence-corrected chi connectivity index (χ3v) is 3.57. The molecule has 0 aliphatic carbocycles. The second-order valence-electron chi connectivity index (χ2n) is 5.46. The molecule has 1 N–H and O–H groups in total. The Labute approximate surface area is 143 Å². The number of cyclic esters (lactones) is 1. The van der Waals surface area contributed by atoms with E-state index >= 15 is 0 Å². The quantitative estimate of drug-likeness (QED) is 0.769. The van der Waals surface area contributed by atoms with E-state index in [-0.39, 0.29) is 12.7 Å². The number of aliphatic hydroxyl groups excluding tert-OH is 1. The molecular weight excluding hydrogens is 343 g/mol.